The first-order valence-electron chi connectivity index (χ1n) is 5.92. The summed E-state index contributed by atoms with van der Waals surface area (Å²) < 4.78 is 29.7. The maximum atomic E-state index is 14.0. The van der Waals surface area contributed by atoms with E-state index in [1.807, 2.05) is 0 Å². The molecule has 0 amide bonds. The first kappa shape index (κ1) is 13.0. The molecule has 1 aliphatic heterocycles. The Kier molecular flexibility index (Phi) is 3.91. The van der Waals surface area contributed by atoms with Crippen LogP contribution in [-0.4, -0.2) is 34.4 Å². The van der Waals surface area contributed by atoms with Crippen molar-refractivity contribution in [1.29, 1.82) is 0 Å². The van der Waals surface area contributed by atoms with E-state index in [4.69, 9.17) is 14.2 Å². The first-order chi connectivity index (χ1) is 8.72. The van der Waals surface area contributed by atoms with Crippen LogP contribution >= 0.6 is 0 Å². The fourth-order valence-corrected chi connectivity index (χ4v) is 2.45. The fraction of sp³-hybridized carbons (Fsp3) is 0.538. The Morgan fingerprint density at radius 1 is 1.17 bits per heavy atom. The number of methoxy groups -OCH3 is 3. The first-order valence-corrected chi connectivity index (χ1v) is 5.92. The minimum absolute atomic E-state index is 0.180. The third-order valence-corrected chi connectivity index (χ3v) is 3.28. The molecule has 1 fully saturated rings. The molecule has 0 bridgehead atoms. The molecular weight excluding hydrogens is 237 g/mol. The Balaban J connectivity index is 2.59. The van der Waals surface area contributed by atoms with Crippen LogP contribution in [0.1, 0.15) is 17.9 Å². The van der Waals surface area contributed by atoms with Crippen molar-refractivity contribution in [2.75, 3.05) is 34.4 Å². The van der Waals surface area contributed by atoms with Gasteiger partial charge in [-0.05, 0) is 13.0 Å². The minimum Gasteiger partial charge on any atom is -0.493 e. The number of benzene rings is 1. The number of halogens is 1. The summed E-state index contributed by atoms with van der Waals surface area (Å²) in [5.41, 5.74) is 0.752. The van der Waals surface area contributed by atoms with Gasteiger partial charge in [0.05, 0.1) is 21.3 Å². The molecule has 2 rings (SSSR count). The number of rotatable bonds is 4. The highest BCUT2D eigenvalue weighted by Crippen LogP contribution is 2.45. The average molecular weight is 255 g/mol. The summed E-state index contributed by atoms with van der Waals surface area (Å²) >= 11 is 0. The lowest BCUT2D eigenvalue weighted by Crippen LogP contribution is -2.11. The molecule has 1 heterocycles. The molecule has 0 aromatic heterocycles. The van der Waals surface area contributed by atoms with Crippen LogP contribution in [0.5, 0.6) is 17.2 Å². The van der Waals surface area contributed by atoms with Crippen molar-refractivity contribution in [1.82, 2.24) is 5.32 Å². The topological polar surface area (TPSA) is 39.7 Å². The third-order valence-electron chi connectivity index (χ3n) is 3.28. The summed E-state index contributed by atoms with van der Waals surface area (Å²) in [7, 11) is 4.53. The van der Waals surface area contributed by atoms with Crippen molar-refractivity contribution in [3.05, 3.63) is 17.4 Å². The van der Waals surface area contributed by atoms with E-state index in [0.717, 1.165) is 25.1 Å². The lowest BCUT2D eigenvalue weighted by Gasteiger charge is -2.20. The standard InChI is InChI=1S/C13H18FNO3/c1-16-10-6-9(14)12(17-2)11(13(10)18-3)8-4-5-15-7-8/h6,8,15H,4-5,7H2,1-3H3. The van der Waals surface area contributed by atoms with E-state index in [-0.39, 0.29) is 11.7 Å². The lowest BCUT2D eigenvalue weighted by atomic mass is 9.95. The molecule has 1 aromatic carbocycles. The number of ether oxygens (including phenoxy) is 3. The summed E-state index contributed by atoms with van der Waals surface area (Å²) in [5, 5.41) is 3.26. The fourth-order valence-electron chi connectivity index (χ4n) is 2.45. The lowest BCUT2D eigenvalue weighted by molar-refractivity contribution is 0.330. The molecule has 5 heteroatoms. The molecule has 100 valence electrons. The molecule has 0 saturated carbocycles. The van der Waals surface area contributed by atoms with Crippen LogP contribution in [-0.2, 0) is 0 Å². The Labute approximate surface area is 106 Å². The van der Waals surface area contributed by atoms with Gasteiger partial charge in [0.15, 0.2) is 23.1 Å². The van der Waals surface area contributed by atoms with Crippen LogP contribution in [0.4, 0.5) is 4.39 Å². The van der Waals surface area contributed by atoms with E-state index >= 15 is 0 Å². The molecule has 18 heavy (non-hydrogen) atoms. The molecule has 1 unspecified atom stereocenters. The molecule has 1 aliphatic rings. The Morgan fingerprint density at radius 2 is 1.89 bits per heavy atom. The van der Waals surface area contributed by atoms with Crippen molar-refractivity contribution in [2.45, 2.75) is 12.3 Å². The van der Waals surface area contributed by atoms with Gasteiger partial charge in [-0.25, -0.2) is 4.39 Å². The van der Waals surface area contributed by atoms with Gasteiger partial charge in [0.2, 0.25) is 0 Å². The second-order valence-corrected chi connectivity index (χ2v) is 4.23. The van der Waals surface area contributed by atoms with Crippen LogP contribution in [0.15, 0.2) is 6.07 Å². The van der Waals surface area contributed by atoms with E-state index in [9.17, 15) is 4.39 Å². The Morgan fingerprint density at radius 3 is 2.39 bits per heavy atom. The van der Waals surface area contributed by atoms with Crippen LogP contribution in [0.25, 0.3) is 0 Å². The minimum atomic E-state index is -0.419. The second-order valence-electron chi connectivity index (χ2n) is 4.23. The second kappa shape index (κ2) is 5.44. The molecule has 0 aliphatic carbocycles. The zero-order chi connectivity index (χ0) is 13.1. The van der Waals surface area contributed by atoms with Crippen LogP contribution in [0.2, 0.25) is 0 Å². The zero-order valence-electron chi connectivity index (χ0n) is 10.9. The van der Waals surface area contributed by atoms with Gasteiger partial charge < -0.3 is 19.5 Å². The molecule has 0 spiro atoms. The molecule has 4 nitrogen and oxygen atoms in total. The number of hydrogen-bond donors (Lipinski definition) is 1. The summed E-state index contributed by atoms with van der Waals surface area (Å²) in [4.78, 5) is 0. The van der Waals surface area contributed by atoms with Gasteiger partial charge in [0, 0.05) is 24.1 Å². The summed E-state index contributed by atoms with van der Waals surface area (Å²) in [6.07, 6.45) is 0.930. The van der Waals surface area contributed by atoms with Crippen molar-refractivity contribution in [3.8, 4) is 17.2 Å². The van der Waals surface area contributed by atoms with Gasteiger partial charge in [0.25, 0.3) is 0 Å². The van der Waals surface area contributed by atoms with Gasteiger partial charge in [-0.15, -0.1) is 0 Å². The quantitative estimate of drug-likeness (QED) is 0.892. The number of hydrogen-bond acceptors (Lipinski definition) is 4. The van der Waals surface area contributed by atoms with Crippen LogP contribution in [0, 0.1) is 5.82 Å². The predicted molar refractivity (Wildman–Crippen MR) is 66.3 cm³/mol. The van der Waals surface area contributed by atoms with E-state index in [2.05, 4.69) is 5.32 Å². The molecule has 1 atom stereocenters. The maximum Gasteiger partial charge on any atom is 0.169 e. The van der Waals surface area contributed by atoms with E-state index < -0.39 is 5.82 Å². The Bertz CT molecular complexity index is 431. The monoisotopic (exact) mass is 255 g/mol. The smallest absolute Gasteiger partial charge is 0.169 e. The van der Waals surface area contributed by atoms with Gasteiger partial charge in [-0.3, -0.25) is 0 Å². The zero-order valence-corrected chi connectivity index (χ0v) is 10.9. The highest BCUT2D eigenvalue weighted by Gasteiger charge is 2.29. The van der Waals surface area contributed by atoms with Crippen molar-refractivity contribution in [3.63, 3.8) is 0 Å². The number of nitrogens with one attached hydrogen (secondary N) is 1. The van der Waals surface area contributed by atoms with Crippen molar-refractivity contribution >= 4 is 0 Å². The molecule has 1 N–H and O–H groups in total. The normalized spacial score (nSPS) is 18.8. The third kappa shape index (κ3) is 2.10. The van der Waals surface area contributed by atoms with Crippen LogP contribution in [0.3, 0.4) is 0 Å². The highest BCUT2D eigenvalue weighted by molar-refractivity contribution is 5.56. The van der Waals surface area contributed by atoms with E-state index in [1.54, 1.807) is 7.11 Å². The molecule has 1 aromatic rings. The van der Waals surface area contributed by atoms with Gasteiger partial charge in [0.1, 0.15) is 0 Å². The van der Waals surface area contributed by atoms with Gasteiger partial charge >= 0.3 is 0 Å². The molecule has 1 saturated heterocycles. The largest absolute Gasteiger partial charge is 0.493 e. The Hall–Kier alpha value is -1.49. The summed E-state index contributed by atoms with van der Waals surface area (Å²) in [6, 6.07) is 1.30. The van der Waals surface area contributed by atoms with E-state index in [0.29, 0.717) is 11.5 Å². The van der Waals surface area contributed by atoms with Gasteiger partial charge in [-0.1, -0.05) is 0 Å². The van der Waals surface area contributed by atoms with Crippen LogP contribution < -0.4 is 19.5 Å². The molecular formula is C13H18FNO3. The summed E-state index contributed by atoms with van der Waals surface area (Å²) in [6.45, 7) is 1.70. The predicted octanol–water partition coefficient (Wildman–Crippen LogP) is 1.93. The van der Waals surface area contributed by atoms with Gasteiger partial charge in [-0.2, -0.15) is 0 Å². The molecule has 0 radical (unpaired) electrons. The highest BCUT2D eigenvalue weighted by atomic mass is 19.1. The van der Waals surface area contributed by atoms with Crippen molar-refractivity contribution in [2.24, 2.45) is 0 Å². The average Bonchev–Trinajstić information content (AvgIpc) is 2.90. The summed E-state index contributed by atoms with van der Waals surface area (Å²) in [5.74, 6) is 0.972. The maximum absolute atomic E-state index is 14.0. The SMILES string of the molecule is COc1cc(F)c(OC)c(C2CCNC2)c1OC. The van der Waals surface area contributed by atoms with Crippen molar-refractivity contribution < 1.29 is 18.6 Å². The van der Waals surface area contributed by atoms with E-state index in [1.165, 1.54) is 20.3 Å².